The molecule has 0 aliphatic carbocycles. The molecule has 1 aliphatic heterocycles. The van der Waals surface area contributed by atoms with Crippen molar-refractivity contribution in [3.63, 3.8) is 0 Å². The number of amides is 1. The minimum Gasteiger partial charge on any atom is -0.484 e. The second kappa shape index (κ2) is 6.33. The Hall–Kier alpha value is -3.08. The summed E-state index contributed by atoms with van der Waals surface area (Å²) in [7, 11) is 0. The van der Waals surface area contributed by atoms with Gasteiger partial charge in [-0.15, -0.1) is 0 Å². The molecule has 0 N–H and O–H groups in total. The Morgan fingerprint density at radius 3 is 2.88 bits per heavy atom. The molecule has 3 aromatic rings. The molecule has 0 spiro atoms. The summed E-state index contributed by atoms with van der Waals surface area (Å²) in [4.78, 5) is 26.0. The zero-order valence-electron chi connectivity index (χ0n) is 14.7. The second-order valence-electron chi connectivity index (χ2n) is 6.64. The van der Waals surface area contributed by atoms with E-state index in [1.807, 2.05) is 44.2 Å². The molecule has 0 bridgehead atoms. The van der Waals surface area contributed by atoms with Crippen LogP contribution in [0.4, 0.5) is 5.69 Å². The van der Waals surface area contributed by atoms with Crippen molar-refractivity contribution in [2.24, 2.45) is 0 Å². The molecule has 0 fully saturated rings. The van der Waals surface area contributed by atoms with Crippen molar-refractivity contribution in [3.05, 3.63) is 70.1 Å². The predicted molar refractivity (Wildman–Crippen MR) is 99.8 cm³/mol. The third kappa shape index (κ3) is 2.86. The Labute approximate surface area is 150 Å². The lowest BCUT2D eigenvalue weighted by molar-refractivity contribution is -0.120. The van der Waals surface area contributed by atoms with E-state index in [1.54, 1.807) is 17.0 Å². The molecule has 1 aromatic heterocycles. The van der Waals surface area contributed by atoms with E-state index in [9.17, 15) is 9.59 Å². The fourth-order valence-electron chi connectivity index (χ4n) is 3.56. The lowest BCUT2D eigenvalue weighted by atomic mass is 10.1. The van der Waals surface area contributed by atoms with Gasteiger partial charge in [0.2, 0.25) is 0 Å². The summed E-state index contributed by atoms with van der Waals surface area (Å²) < 4.78 is 10.9. The third-order valence-corrected chi connectivity index (χ3v) is 4.76. The van der Waals surface area contributed by atoms with Crippen molar-refractivity contribution >= 4 is 22.6 Å². The molecule has 1 aliphatic rings. The van der Waals surface area contributed by atoms with Crippen LogP contribution in [0.2, 0.25) is 0 Å². The highest BCUT2D eigenvalue weighted by molar-refractivity contribution is 5.97. The summed E-state index contributed by atoms with van der Waals surface area (Å²) in [5.74, 6) is 0.410. The van der Waals surface area contributed by atoms with E-state index in [-0.39, 0.29) is 18.6 Å². The largest absolute Gasteiger partial charge is 0.484 e. The first kappa shape index (κ1) is 16.4. The number of rotatable bonds is 3. The quantitative estimate of drug-likeness (QED) is 0.680. The zero-order chi connectivity index (χ0) is 18.3. The summed E-state index contributed by atoms with van der Waals surface area (Å²) in [6.45, 7) is 3.82. The van der Waals surface area contributed by atoms with Crippen LogP contribution in [0.5, 0.6) is 5.75 Å². The number of aryl methyl sites for hydroxylation is 1. The van der Waals surface area contributed by atoms with Crippen molar-refractivity contribution in [2.45, 2.75) is 26.3 Å². The minimum absolute atomic E-state index is 0.0692. The molecule has 1 atom stereocenters. The van der Waals surface area contributed by atoms with Crippen LogP contribution < -0.4 is 15.3 Å². The number of carbonyl (C=O) groups is 1. The van der Waals surface area contributed by atoms with Gasteiger partial charge in [-0.3, -0.25) is 4.79 Å². The molecule has 0 saturated carbocycles. The fourth-order valence-corrected chi connectivity index (χ4v) is 3.56. The Morgan fingerprint density at radius 2 is 2.04 bits per heavy atom. The van der Waals surface area contributed by atoms with Crippen molar-refractivity contribution < 1.29 is 13.9 Å². The van der Waals surface area contributed by atoms with Gasteiger partial charge < -0.3 is 14.1 Å². The van der Waals surface area contributed by atoms with Crippen molar-refractivity contribution in [1.82, 2.24) is 0 Å². The predicted octanol–water partition coefficient (Wildman–Crippen LogP) is 3.46. The van der Waals surface area contributed by atoms with Crippen LogP contribution >= 0.6 is 0 Å². The Morgan fingerprint density at radius 1 is 1.23 bits per heavy atom. The van der Waals surface area contributed by atoms with E-state index in [1.165, 1.54) is 11.6 Å². The van der Waals surface area contributed by atoms with E-state index in [2.05, 4.69) is 0 Å². The lowest BCUT2D eigenvalue weighted by Gasteiger charge is -2.22. The monoisotopic (exact) mass is 349 g/mol. The summed E-state index contributed by atoms with van der Waals surface area (Å²) >= 11 is 0. The molecular formula is C21H19NO4. The number of anilines is 1. The van der Waals surface area contributed by atoms with Crippen LogP contribution in [0.15, 0.2) is 57.7 Å². The molecule has 26 heavy (non-hydrogen) atoms. The van der Waals surface area contributed by atoms with Crippen molar-refractivity contribution in [3.8, 4) is 5.75 Å². The fraction of sp³-hybridized carbons (Fsp3) is 0.238. The van der Waals surface area contributed by atoms with Gasteiger partial charge in [0, 0.05) is 29.2 Å². The number of para-hydroxylation sites is 1. The molecule has 5 heteroatoms. The molecule has 132 valence electrons. The first-order valence-electron chi connectivity index (χ1n) is 8.60. The van der Waals surface area contributed by atoms with Crippen LogP contribution in [-0.4, -0.2) is 18.6 Å². The van der Waals surface area contributed by atoms with E-state index in [0.29, 0.717) is 11.3 Å². The Kier molecular flexibility index (Phi) is 3.99. The summed E-state index contributed by atoms with van der Waals surface area (Å²) in [6.07, 6.45) is 0.850. The molecule has 0 radical (unpaired) electrons. The maximum atomic E-state index is 12.7. The van der Waals surface area contributed by atoms with Gasteiger partial charge in [-0.25, -0.2) is 4.79 Å². The zero-order valence-corrected chi connectivity index (χ0v) is 14.7. The summed E-state index contributed by atoms with van der Waals surface area (Å²) in [5.41, 5.74) is 3.04. The summed E-state index contributed by atoms with van der Waals surface area (Å²) in [6, 6.07) is 14.8. The molecule has 0 saturated heterocycles. The van der Waals surface area contributed by atoms with Crippen LogP contribution in [-0.2, 0) is 11.2 Å². The molecule has 2 aromatic carbocycles. The van der Waals surface area contributed by atoms with Gasteiger partial charge in [0.25, 0.3) is 5.91 Å². The average molecular weight is 349 g/mol. The van der Waals surface area contributed by atoms with E-state index in [4.69, 9.17) is 9.15 Å². The first-order chi connectivity index (χ1) is 12.5. The number of fused-ring (bicyclic) bond motifs is 2. The Bertz CT molecular complexity index is 1050. The van der Waals surface area contributed by atoms with Crippen LogP contribution in [0.3, 0.4) is 0 Å². The highest BCUT2D eigenvalue weighted by Gasteiger charge is 2.30. The van der Waals surface area contributed by atoms with Crippen LogP contribution in [0.25, 0.3) is 11.0 Å². The number of hydrogen-bond acceptors (Lipinski definition) is 4. The smallest absolute Gasteiger partial charge is 0.336 e. The van der Waals surface area contributed by atoms with Crippen molar-refractivity contribution in [2.75, 3.05) is 11.5 Å². The molecule has 0 unspecified atom stereocenters. The number of ether oxygens (including phenoxy) is 1. The molecule has 5 nitrogen and oxygen atoms in total. The van der Waals surface area contributed by atoms with E-state index < -0.39 is 5.63 Å². The van der Waals surface area contributed by atoms with Gasteiger partial charge in [-0.1, -0.05) is 18.2 Å². The van der Waals surface area contributed by atoms with Gasteiger partial charge in [-0.2, -0.15) is 0 Å². The maximum absolute atomic E-state index is 12.7. The number of hydrogen-bond donors (Lipinski definition) is 0. The normalized spacial score (nSPS) is 15.9. The second-order valence-corrected chi connectivity index (χ2v) is 6.64. The first-order valence-corrected chi connectivity index (χ1v) is 8.60. The van der Waals surface area contributed by atoms with Gasteiger partial charge in [0.05, 0.1) is 0 Å². The van der Waals surface area contributed by atoms with Crippen LogP contribution in [0.1, 0.15) is 18.1 Å². The number of carbonyl (C=O) groups excluding carboxylic acids is 1. The van der Waals surface area contributed by atoms with Gasteiger partial charge in [-0.05, 0) is 49.6 Å². The van der Waals surface area contributed by atoms with Gasteiger partial charge in [0.15, 0.2) is 6.61 Å². The van der Waals surface area contributed by atoms with E-state index >= 15 is 0 Å². The SMILES string of the molecule is Cc1cc(=O)oc2cc(OCC(=O)N3c4ccccc4C[C@@H]3C)ccc12. The minimum atomic E-state index is -0.397. The average Bonchev–Trinajstić information content (AvgIpc) is 2.95. The maximum Gasteiger partial charge on any atom is 0.336 e. The van der Waals surface area contributed by atoms with Crippen molar-refractivity contribution in [1.29, 1.82) is 0 Å². The highest BCUT2D eigenvalue weighted by atomic mass is 16.5. The number of benzene rings is 2. The lowest BCUT2D eigenvalue weighted by Crippen LogP contribution is -2.39. The van der Waals surface area contributed by atoms with Crippen LogP contribution in [0, 0.1) is 6.92 Å². The molecule has 2 heterocycles. The third-order valence-electron chi connectivity index (χ3n) is 4.76. The standard InChI is InChI=1S/C21H19NO4/c1-13-9-21(24)26-19-11-16(7-8-17(13)19)25-12-20(23)22-14(2)10-15-5-3-4-6-18(15)22/h3-9,11,14H,10,12H2,1-2H3/t14-/m0/s1. The molecular weight excluding hydrogens is 330 g/mol. The van der Waals surface area contributed by atoms with E-state index in [0.717, 1.165) is 23.1 Å². The number of nitrogens with zero attached hydrogens (tertiary/aromatic N) is 1. The Balaban J connectivity index is 1.53. The molecule has 1 amide bonds. The topological polar surface area (TPSA) is 59.8 Å². The van der Waals surface area contributed by atoms with Gasteiger partial charge in [0.1, 0.15) is 11.3 Å². The highest BCUT2D eigenvalue weighted by Crippen LogP contribution is 2.32. The molecule has 4 rings (SSSR count). The van der Waals surface area contributed by atoms with Gasteiger partial charge >= 0.3 is 5.63 Å². The summed E-state index contributed by atoms with van der Waals surface area (Å²) in [5, 5.41) is 0.852.